The highest BCUT2D eigenvalue weighted by Gasteiger charge is 2.13. The topological polar surface area (TPSA) is 67.8 Å². The number of esters is 1. The second-order valence-corrected chi connectivity index (χ2v) is 4.57. The summed E-state index contributed by atoms with van der Waals surface area (Å²) in [6.45, 7) is 4.42. The van der Waals surface area contributed by atoms with E-state index in [0.29, 0.717) is 13.2 Å². The SMILES string of the molecule is CCOC(=O)CC(O)CN[C@H](C)c1ccc(OC)cc1. The first-order valence-corrected chi connectivity index (χ1v) is 6.77. The van der Waals surface area contributed by atoms with Crippen LogP contribution in [0, 0.1) is 0 Å². The van der Waals surface area contributed by atoms with E-state index in [2.05, 4.69) is 5.32 Å². The molecule has 0 spiro atoms. The number of carbonyl (C=O) groups is 1. The van der Waals surface area contributed by atoms with E-state index in [-0.39, 0.29) is 18.4 Å². The van der Waals surface area contributed by atoms with Crippen molar-refractivity contribution in [3.8, 4) is 5.75 Å². The van der Waals surface area contributed by atoms with Crippen molar-refractivity contribution in [3.05, 3.63) is 29.8 Å². The van der Waals surface area contributed by atoms with Crippen LogP contribution >= 0.6 is 0 Å². The highest BCUT2D eigenvalue weighted by Crippen LogP contribution is 2.17. The molecule has 0 saturated heterocycles. The molecule has 1 aromatic carbocycles. The van der Waals surface area contributed by atoms with Crippen LogP contribution in [-0.4, -0.2) is 37.4 Å². The average Bonchev–Trinajstić information content (AvgIpc) is 2.45. The molecule has 1 unspecified atom stereocenters. The lowest BCUT2D eigenvalue weighted by atomic mass is 10.1. The number of methoxy groups -OCH3 is 1. The molecule has 0 heterocycles. The fraction of sp³-hybridized carbons (Fsp3) is 0.533. The first-order chi connectivity index (χ1) is 9.56. The third kappa shape index (κ3) is 5.59. The summed E-state index contributed by atoms with van der Waals surface area (Å²) in [4.78, 5) is 11.2. The van der Waals surface area contributed by atoms with Crippen molar-refractivity contribution in [3.63, 3.8) is 0 Å². The molecule has 20 heavy (non-hydrogen) atoms. The van der Waals surface area contributed by atoms with Gasteiger partial charge in [-0.15, -0.1) is 0 Å². The number of hydrogen-bond acceptors (Lipinski definition) is 5. The van der Waals surface area contributed by atoms with Gasteiger partial charge >= 0.3 is 5.97 Å². The van der Waals surface area contributed by atoms with Crippen LogP contribution in [0.25, 0.3) is 0 Å². The highest BCUT2D eigenvalue weighted by atomic mass is 16.5. The van der Waals surface area contributed by atoms with Crippen LogP contribution in [0.2, 0.25) is 0 Å². The van der Waals surface area contributed by atoms with Crippen molar-refractivity contribution in [2.24, 2.45) is 0 Å². The summed E-state index contributed by atoms with van der Waals surface area (Å²) < 4.78 is 9.89. The molecule has 0 radical (unpaired) electrons. The molecule has 1 rings (SSSR count). The predicted molar refractivity (Wildman–Crippen MR) is 76.7 cm³/mol. The lowest BCUT2D eigenvalue weighted by Crippen LogP contribution is -2.31. The van der Waals surface area contributed by atoms with Gasteiger partial charge in [-0.3, -0.25) is 4.79 Å². The lowest BCUT2D eigenvalue weighted by molar-refractivity contribution is -0.145. The van der Waals surface area contributed by atoms with Gasteiger partial charge < -0.3 is 19.9 Å². The number of rotatable bonds is 8. The quantitative estimate of drug-likeness (QED) is 0.709. The second-order valence-electron chi connectivity index (χ2n) is 4.57. The molecule has 0 fully saturated rings. The fourth-order valence-electron chi connectivity index (χ4n) is 1.81. The van der Waals surface area contributed by atoms with Gasteiger partial charge in [0, 0.05) is 12.6 Å². The largest absolute Gasteiger partial charge is 0.497 e. The molecule has 5 nitrogen and oxygen atoms in total. The average molecular weight is 281 g/mol. The Kier molecular flexibility index (Phi) is 7.04. The van der Waals surface area contributed by atoms with Crippen molar-refractivity contribution in [2.75, 3.05) is 20.3 Å². The molecule has 0 aliphatic heterocycles. The molecule has 0 amide bonds. The Morgan fingerprint density at radius 1 is 1.35 bits per heavy atom. The summed E-state index contributed by atoms with van der Waals surface area (Å²) in [7, 11) is 1.63. The third-order valence-electron chi connectivity index (χ3n) is 2.98. The van der Waals surface area contributed by atoms with Crippen LogP contribution in [0.4, 0.5) is 0 Å². The summed E-state index contributed by atoms with van der Waals surface area (Å²) in [5.41, 5.74) is 1.09. The molecule has 5 heteroatoms. The van der Waals surface area contributed by atoms with Crippen LogP contribution in [0.15, 0.2) is 24.3 Å². The van der Waals surface area contributed by atoms with E-state index in [1.54, 1.807) is 14.0 Å². The standard InChI is InChI=1S/C15H23NO4/c1-4-20-15(18)9-13(17)10-16-11(2)12-5-7-14(19-3)8-6-12/h5-8,11,13,16-17H,4,9-10H2,1-3H3/t11-,13?/m1/s1. The van der Waals surface area contributed by atoms with Gasteiger partial charge in [0.15, 0.2) is 0 Å². The Hall–Kier alpha value is -1.59. The maximum absolute atomic E-state index is 11.2. The number of hydrogen-bond donors (Lipinski definition) is 2. The van der Waals surface area contributed by atoms with Gasteiger partial charge in [-0.05, 0) is 31.5 Å². The Morgan fingerprint density at radius 3 is 2.55 bits per heavy atom. The van der Waals surface area contributed by atoms with Gasteiger partial charge in [0.25, 0.3) is 0 Å². The van der Waals surface area contributed by atoms with Gasteiger partial charge in [-0.25, -0.2) is 0 Å². The monoisotopic (exact) mass is 281 g/mol. The van der Waals surface area contributed by atoms with Gasteiger partial charge in [-0.2, -0.15) is 0 Å². The maximum atomic E-state index is 11.2. The van der Waals surface area contributed by atoms with Gasteiger partial charge in [-0.1, -0.05) is 12.1 Å². The summed E-state index contributed by atoms with van der Waals surface area (Å²) in [6, 6.07) is 7.80. The number of ether oxygens (including phenoxy) is 2. The zero-order valence-electron chi connectivity index (χ0n) is 12.3. The molecule has 0 saturated carbocycles. The normalized spacial score (nSPS) is 13.6. The molecule has 2 atom stereocenters. The molecule has 0 aliphatic rings. The number of carbonyl (C=O) groups excluding carboxylic acids is 1. The van der Waals surface area contributed by atoms with Crippen molar-refractivity contribution in [1.29, 1.82) is 0 Å². The lowest BCUT2D eigenvalue weighted by Gasteiger charge is -2.17. The van der Waals surface area contributed by atoms with Gasteiger partial charge in [0.2, 0.25) is 0 Å². The minimum absolute atomic E-state index is 0.0101. The molecule has 0 aromatic heterocycles. The summed E-state index contributed by atoms with van der Waals surface area (Å²) >= 11 is 0. The zero-order valence-corrected chi connectivity index (χ0v) is 12.3. The molecule has 0 aliphatic carbocycles. The minimum Gasteiger partial charge on any atom is -0.497 e. The van der Waals surface area contributed by atoms with Crippen molar-refractivity contribution < 1.29 is 19.4 Å². The first-order valence-electron chi connectivity index (χ1n) is 6.77. The van der Waals surface area contributed by atoms with Crippen LogP contribution in [0.3, 0.4) is 0 Å². The number of nitrogens with one attached hydrogen (secondary N) is 1. The van der Waals surface area contributed by atoms with E-state index < -0.39 is 6.10 Å². The van der Waals surface area contributed by atoms with E-state index >= 15 is 0 Å². The minimum atomic E-state index is -0.741. The number of benzene rings is 1. The third-order valence-corrected chi connectivity index (χ3v) is 2.98. The maximum Gasteiger partial charge on any atom is 0.308 e. The fourth-order valence-corrected chi connectivity index (χ4v) is 1.81. The van der Waals surface area contributed by atoms with E-state index in [0.717, 1.165) is 11.3 Å². The Labute approximate surface area is 119 Å². The summed E-state index contributed by atoms with van der Waals surface area (Å²) in [5, 5.41) is 12.9. The van der Waals surface area contributed by atoms with E-state index in [1.165, 1.54) is 0 Å². The first kappa shape index (κ1) is 16.5. The van der Waals surface area contributed by atoms with Crippen LogP contribution in [-0.2, 0) is 9.53 Å². The van der Waals surface area contributed by atoms with Crippen LogP contribution in [0.5, 0.6) is 5.75 Å². The highest BCUT2D eigenvalue weighted by molar-refractivity contribution is 5.69. The van der Waals surface area contributed by atoms with E-state index in [1.807, 2.05) is 31.2 Å². The van der Waals surface area contributed by atoms with Crippen molar-refractivity contribution >= 4 is 5.97 Å². The van der Waals surface area contributed by atoms with Crippen LogP contribution < -0.4 is 10.1 Å². The number of aliphatic hydroxyl groups excluding tert-OH is 1. The zero-order chi connectivity index (χ0) is 15.0. The van der Waals surface area contributed by atoms with Gasteiger partial charge in [0.05, 0.1) is 26.2 Å². The summed E-state index contributed by atoms with van der Waals surface area (Å²) in [6.07, 6.45) is -0.731. The smallest absolute Gasteiger partial charge is 0.308 e. The van der Waals surface area contributed by atoms with E-state index in [4.69, 9.17) is 9.47 Å². The molecular weight excluding hydrogens is 258 g/mol. The van der Waals surface area contributed by atoms with Crippen LogP contribution in [0.1, 0.15) is 31.9 Å². The second kappa shape index (κ2) is 8.55. The Balaban J connectivity index is 2.37. The molecule has 0 bridgehead atoms. The summed E-state index contributed by atoms with van der Waals surface area (Å²) in [5.74, 6) is 0.433. The number of aliphatic hydroxyl groups is 1. The van der Waals surface area contributed by atoms with Gasteiger partial charge in [0.1, 0.15) is 5.75 Å². The van der Waals surface area contributed by atoms with Crippen molar-refractivity contribution in [2.45, 2.75) is 32.4 Å². The Morgan fingerprint density at radius 2 is 2.00 bits per heavy atom. The van der Waals surface area contributed by atoms with Crippen molar-refractivity contribution in [1.82, 2.24) is 5.32 Å². The molecule has 1 aromatic rings. The Bertz CT molecular complexity index is 405. The molecule has 2 N–H and O–H groups in total. The molecule has 112 valence electrons. The van der Waals surface area contributed by atoms with E-state index in [9.17, 15) is 9.90 Å². The molecular formula is C15H23NO4. The predicted octanol–water partition coefficient (Wildman–Crippen LogP) is 1.66.